The Morgan fingerprint density at radius 2 is 2.64 bits per heavy atom. The minimum atomic E-state index is -0.852. The largest absolute Gasteiger partial charge is 0.398 e. The molecule has 1 heterocycles. The second kappa shape index (κ2) is 5.33. The Kier molecular flexibility index (Phi) is 4.37. The maximum atomic E-state index is 9.77. The summed E-state index contributed by atoms with van der Waals surface area (Å²) in [5, 5.41) is 12.7. The molecule has 4 nitrogen and oxygen atoms in total. The lowest BCUT2D eigenvalue weighted by molar-refractivity contribution is 0.208. The van der Waals surface area contributed by atoms with E-state index in [2.05, 4.69) is 26.2 Å². The highest BCUT2D eigenvalue weighted by atomic mass is 79.9. The third-order valence-corrected chi connectivity index (χ3v) is 3.19. The third-order valence-electron chi connectivity index (χ3n) is 1.60. The maximum Gasteiger partial charge on any atom is 0.138 e. The molecule has 1 aromatic rings. The zero-order valence-corrected chi connectivity index (χ0v) is 10.1. The first kappa shape index (κ1) is 11.5. The van der Waals surface area contributed by atoms with Crippen LogP contribution in [0.2, 0.25) is 0 Å². The predicted octanol–water partition coefficient (Wildman–Crippen LogP) is 1.35. The smallest absolute Gasteiger partial charge is 0.138 e. The highest BCUT2D eigenvalue weighted by Gasteiger charge is 2.16. The van der Waals surface area contributed by atoms with Crippen LogP contribution < -0.4 is 11.1 Å². The molecular formula is C8H12BrN3OS. The molecule has 0 saturated heterocycles. The average molecular weight is 278 g/mol. The molecule has 78 valence electrons. The van der Waals surface area contributed by atoms with E-state index < -0.39 is 6.10 Å². The summed E-state index contributed by atoms with van der Waals surface area (Å²) in [6, 6.07) is 0. The summed E-state index contributed by atoms with van der Waals surface area (Å²) >= 11 is 4.71. The summed E-state index contributed by atoms with van der Waals surface area (Å²) in [6.45, 7) is 2.72. The summed E-state index contributed by atoms with van der Waals surface area (Å²) in [4.78, 5) is 4.02. The second-order valence-corrected chi connectivity index (χ2v) is 4.79. The molecule has 0 aliphatic carbocycles. The fourth-order valence-electron chi connectivity index (χ4n) is 0.875. The first-order valence-electron chi connectivity index (χ1n) is 4.12. The Bertz CT molecular complexity index is 326. The molecule has 0 aliphatic rings. The van der Waals surface area contributed by atoms with Crippen LogP contribution in [0.1, 0.15) is 18.7 Å². The molecular weight excluding hydrogens is 266 g/mol. The zero-order chi connectivity index (χ0) is 10.6. The van der Waals surface area contributed by atoms with Crippen molar-refractivity contribution in [3.63, 3.8) is 0 Å². The van der Waals surface area contributed by atoms with Crippen molar-refractivity contribution in [1.82, 2.24) is 10.3 Å². The molecule has 1 rings (SSSR count). The molecule has 0 bridgehead atoms. The number of aliphatic hydroxyl groups excluding tert-OH is 1. The molecule has 0 amide bonds. The van der Waals surface area contributed by atoms with Crippen LogP contribution in [0.3, 0.4) is 0 Å². The molecule has 1 atom stereocenters. The van der Waals surface area contributed by atoms with Crippen molar-refractivity contribution in [2.45, 2.75) is 13.0 Å². The van der Waals surface area contributed by atoms with Crippen LogP contribution in [0.4, 0.5) is 0 Å². The van der Waals surface area contributed by atoms with E-state index in [-0.39, 0.29) is 0 Å². The van der Waals surface area contributed by atoms with Crippen LogP contribution in [-0.4, -0.2) is 16.6 Å². The molecule has 6 heteroatoms. The lowest BCUT2D eigenvalue weighted by atomic mass is 10.2. The molecule has 0 spiro atoms. The monoisotopic (exact) mass is 277 g/mol. The molecule has 1 aromatic heterocycles. The molecule has 0 saturated carbocycles. The number of nitrogens with one attached hydrogen (secondary N) is 1. The fourth-order valence-corrected chi connectivity index (χ4v) is 1.99. The van der Waals surface area contributed by atoms with E-state index >= 15 is 0 Å². The fraction of sp³-hybridized carbons (Fsp3) is 0.375. The van der Waals surface area contributed by atoms with Gasteiger partial charge in [-0.15, -0.1) is 11.3 Å². The molecule has 0 radical (unpaired) electrons. The lowest BCUT2D eigenvalue weighted by Gasteiger charge is -2.09. The van der Waals surface area contributed by atoms with Gasteiger partial charge >= 0.3 is 0 Å². The number of nitrogens with zero attached hydrogens (tertiary/aromatic N) is 1. The Morgan fingerprint density at radius 3 is 3.14 bits per heavy atom. The quantitative estimate of drug-likeness (QED) is 0.777. The average Bonchev–Trinajstić information content (AvgIpc) is 2.59. The summed E-state index contributed by atoms with van der Waals surface area (Å²) in [5.74, 6) is 0. The van der Waals surface area contributed by atoms with Crippen molar-refractivity contribution in [3.05, 3.63) is 26.9 Å². The maximum absolute atomic E-state index is 9.77. The van der Waals surface area contributed by atoms with Crippen LogP contribution in [0.5, 0.6) is 0 Å². The number of thiazole rings is 1. The standard InChI is InChI=1S/C8H12BrN3OS/c1-2-11-3-5(10)7(13)6-8(9)14-4-12-6/h3-4,7,11,13H,2,10H2,1H3/b5-3-. The van der Waals surface area contributed by atoms with Crippen molar-refractivity contribution in [2.75, 3.05) is 6.54 Å². The van der Waals surface area contributed by atoms with Crippen molar-refractivity contribution >= 4 is 27.3 Å². The van der Waals surface area contributed by atoms with Crippen LogP contribution >= 0.6 is 27.3 Å². The van der Waals surface area contributed by atoms with Gasteiger partial charge in [0, 0.05) is 12.7 Å². The van der Waals surface area contributed by atoms with Gasteiger partial charge < -0.3 is 16.2 Å². The summed E-state index contributed by atoms with van der Waals surface area (Å²) in [5.41, 5.74) is 8.23. The van der Waals surface area contributed by atoms with Gasteiger partial charge in [-0.05, 0) is 22.9 Å². The van der Waals surface area contributed by atoms with E-state index in [0.29, 0.717) is 11.4 Å². The van der Waals surface area contributed by atoms with Gasteiger partial charge in [0.05, 0.1) is 15.0 Å². The number of nitrogens with two attached hydrogens (primary N) is 1. The van der Waals surface area contributed by atoms with Gasteiger partial charge in [0.15, 0.2) is 0 Å². The number of hydrogen-bond donors (Lipinski definition) is 3. The van der Waals surface area contributed by atoms with Gasteiger partial charge in [-0.1, -0.05) is 0 Å². The first-order chi connectivity index (χ1) is 6.66. The number of aliphatic hydroxyl groups is 1. The summed E-state index contributed by atoms with van der Waals surface area (Å²) in [6.07, 6.45) is 0.742. The molecule has 0 aliphatic heterocycles. The third kappa shape index (κ3) is 2.70. The van der Waals surface area contributed by atoms with Gasteiger partial charge in [-0.2, -0.15) is 0 Å². The topological polar surface area (TPSA) is 71.2 Å². The zero-order valence-electron chi connectivity index (χ0n) is 7.70. The Balaban J connectivity index is 2.75. The van der Waals surface area contributed by atoms with Crippen LogP contribution in [-0.2, 0) is 0 Å². The van der Waals surface area contributed by atoms with E-state index in [9.17, 15) is 5.11 Å². The van der Waals surface area contributed by atoms with E-state index in [1.54, 1.807) is 11.7 Å². The molecule has 4 N–H and O–H groups in total. The molecule has 14 heavy (non-hydrogen) atoms. The Labute approximate surface area is 95.0 Å². The van der Waals surface area contributed by atoms with Crippen molar-refractivity contribution in [3.8, 4) is 0 Å². The second-order valence-electron chi connectivity index (χ2n) is 2.62. The van der Waals surface area contributed by atoms with Gasteiger partial charge in [-0.25, -0.2) is 4.98 Å². The summed E-state index contributed by atoms with van der Waals surface area (Å²) in [7, 11) is 0. The minimum absolute atomic E-state index is 0.360. The van der Waals surface area contributed by atoms with Crippen LogP contribution in [0.25, 0.3) is 0 Å². The lowest BCUT2D eigenvalue weighted by Crippen LogP contribution is -2.15. The van der Waals surface area contributed by atoms with Crippen LogP contribution in [0, 0.1) is 0 Å². The van der Waals surface area contributed by atoms with E-state index in [1.165, 1.54) is 11.3 Å². The van der Waals surface area contributed by atoms with E-state index in [0.717, 1.165) is 10.3 Å². The minimum Gasteiger partial charge on any atom is -0.398 e. The Morgan fingerprint density at radius 1 is 1.93 bits per heavy atom. The number of aromatic nitrogens is 1. The van der Waals surface area contributed by atoms with Crippen molar-refractivity contribution in [1.29, 1.82) is 0 Å². The highest BCUT2D eigenvalue weighted by molar-refractivity contribution is 9.11. The van der Waals surface area contributed by atoms with Gasteiger partial charge in [0.1, 0.15) is 11.8 Å². The van der Waals surface area contributed by atoms with E-state index in [1.807, 2.05) is 6.92 Å². The number of rotatable bonds is 4. The number of hydrogen-bond acceptors (Lipinski definition) is 5. The molecule has 0 aromatic carbocycles. The SMILES string of the molecule is CCN/C=C(\N)C(O)c1ncsc1Br. The van der Waals surface area contributed by atoms with Crippen molar-refractivity contribution < 1.29 is 5.11 Å². The Hall–Kier alpha value is -0.590. The van der Waals surface area contributed by atoms with Crippen molar-refractivity contribution in [2.24, 2.45) is 5.73 Å². The van der Waals surface area contributed by atoms with E-state index in [4.69, 9.17) is 5.73 Å². The normalized spacial score (nSPS) is 14.1. The highest BCUT2D eigenvalue weighted by Crippen LogP contribution is 2.28. The van der Waals surface area contributed by atoms with Crippen LogP contribution in [0.15, 0.2) is 21.2 Å². The number of halogens is 1. The van der Waals surface area contributed by atoms with Gasteiger partial charge in [-0.3, -0.25) is 0 Å². The molecule has 1 unspecified atom stereocenters. The van der Waals surface area contributed by atoms with Gasteiger partial charge in [0.2, 0.25) is 0 Å². The summed E-state index contributed by atoms with van der Waals surface area (Å²) < 4.78 is 0.804. The molecule has 0 fully saturated rings. The first-order valence-corrected chi connectivity index (χ1v) is 5.80. The van der Waals surface area contributed by atoms with Gasteiger partial charge in [0.25, 0.3) is 0 Å². The predicted molar refractivity (Wildman–Crippen MR) is 60.7 cm³/mol.